The van der Waals surface area contributed by atoms with E-state index in [0.717, 1.165) is 0 Å². The predicted molar refractivity (Wildman–Crippen MR) is 76.2 cm³/mol. The van der Waals surface area contributed by atoms with Gasteiger partial charge in [0.15, 0.2) is 5.82 Å². The van der Waals surface area contributed by atoms with Crippen molar-refractivity contribution in [1.29, 1.82) is 0 Å². The fourth-order valence-corrected chi connectivity index (χ4v) is 1.77. The van der Waals surface area contributed by atoms with Crippen molar-refractivity contribution < 1.29 is 4.39 Å². The maximum absolute atomic E-state index is 14.0. The van der Waals surface area contributed by atoms with Gasteiger partial charge in [0.2, 0.25) is 0 Å². The van der Waals surface area contributed by atoms with Crippen LogP contribution in [0.15, 0.2) is 18.2 Å². The molecule has 0 fully saturated rings. The third-order valence-corrected chi connectivity index (χ3v) is 3.69. The molecular formula is C14H20FN5. The van der Waals surface area contributed by atoms with Crippen LogP contribution in [0.5, 0.6) is 0 Å². The second-order valence-electron chi connectivity index (χ2n) is 6.19. The van der Waals surface area contributed by atoms with Crippen molar-refractivity contribution in [1.82, 2.24) is 20.2 Å². The molecule has 1 aromatic carbocycles. The molecule has 2 aromatic rings. The fraction of sp³-hybridized carbons (Fsp3) is 0.500. The summed E-state index contributed by atoms with van der Waals surface area (Å²) in [7, 11) is 0. The van der Waals surface area contributed by atoms with Gasteiger partial charge in [0.1, 0.15) is 5.82 Å². The first-order valence-corrected chi connectivity index (χ1v) is 6.60. The summed E-state index contributed by atoms with van der Waals surface area (Å²) >= 11 is 0. The monoisotopic (exact) mass is 277 g/mol. The highest BCUT2D eigenvalue weighted by molar-refractivity contribution is 5.59. The molecule has 1 atom stereocenters. The zero-order valence-corrected chi connectivity index (χ0v) is 12.3. The molecule has 0 aliphatic rings. The molecule has 1 aromatic heterocycles. The maximum atomic E-state index is 14.0. The van der Waals surface area contributed by atoms with Crippen LogP contribution in [0.2, 0.25) is 0 Å². The second kappa shape index (κ2) is 5.19. The number of nitrogen functional groups attached to an aromatic ring is 1. The Morgan fingerprint density at radius 2 is 2.05 bits per heavy atom. The van der Waals surface area contributed by atoms with Crippen molar-refractivity contribution in [2.24, 2.45) is 11.3 Å². The van der Waals surface area contributed by atoms with E-state index >= 15 is 0 Å². The van der Waals surface area contributed by atoms with E-state index in [2.05, 4.69) is 43.2 Å². The fourth-order valence-electron chi connectivity index (χ4n) is 1.77. The number of nitrogens with two attached hydrogens (primary N) is 1. The third kappa shape index (κ3) is 2.95. The van der Waals surface area contributed by atoms with Gasteiger partial charge in [0, 0.05) is 12.2 Å². The summed E-state index contributed by atoms with van der Waals surface area (Å²) in [5.74, 6) is 0.365. The maximum Gasteiger partial charge on any atom is 0.184 e. The van der Waals surface area contributed by atoms with Crippen molar-refractivity contribution >= 4 is 5.69 Å². The number of anilines is 1. The van der Waals surface area contributed by atoms with Gasteiger partial charge in [-0.25, -0.2) is 9.07 Å². The molecule has 20 heavy (non-hydrogen) atoms. The Labute approximate surface area is 118 Å². The van der Waals surface area contributed by atoms with Crippen LogP contribution < -0.4 is 5.73 Å². The minimum atomic E-state index is -0.413. The highest BCUT2D eigenvalue weighted by atomic mass is 19.1. The van der Waals surface area contributed by atoms with E-state index in [-0.39, 0.29) is 5.41 Å². The van der Waals surface area contributed by atoms with Crippen molar-refractivity contribution in [3.05, 3.63) is 24.0 Å². The largest absolute Gasteiger partial charge is 0.399 e. The minimum absolute atomic E-state index is 0.128. The SMILES string of the molecule is CC(Cn1nnnc1-c1ccc(N)cc1F)C(C)(C)C. The summed E-state index contributed by atoms with van der Waals surface area (Å²) in [5.41, 5.74) is 6.43. The number of tetrazole rings is 1. The van der Waals surface area contributed by atoms with E-state index in [4.69, 9.17) is 5.73 Å². The average molecular weight is 277 g/mol. The van der Waals surface area contributed by atoms with Gasteiger partial charge in [-0.2, -0.15) is 0 Å². The molecule has 0 spiro atoms. The molecule has 108 valence electrons. The topological polar surface area (TPSA) is 69.6 Å². The zero-order valence-electron chi connectivity index (χ0n) is 12.3. The van der Waals surface area contributed by atoms with E-state index in [1.54, 1.807) is 16.8 Å². The highest BCUT2D eigenvalue weighted by Crippen LogP contribution is 2.28. The predicted octanol–water partition coefficient (Wildman–Crippen LogP) is 2.74. The Hall–Kier alpha value is -1.98. The lowest BCUT2D eigenvalue weighted by molar-refractivity contribution is 0.225. The number of rotatable bonds is 3. The number of benzene rings is 1. The van der Waals surface area contributed by atoms with Gasteiger partial charge in [-0.3, -0.25) is 0 Å². The average Bonchev–Trinajstić information content (AvgIpc) is 2.76. The van der Waals surface area contributed by atoms with Crippen LogP contribution in [0, 0.1) is 17.2 Å². The lowest BCUT2D eigenvalue weighted by Crippen LogP contribution is -2.23. The molecule has 0 radical (unpaired) electrons. The Kier molecular flexibility index (Phi) is 3.74. The normalized spacial score (nSPS) is 13.4. The third-order valence-electron chi connectivity index (χ3n) is 3.69. The first-order valence-electron chi connectivity index (χ1n) is 6.60. The van der Waals surface area contributed by atoms with E-state index < -0.39 is 5.82 Å². The molecule has 0 saturated carbocycles. The van der Waals surface area contributed by atoms with E-state index in [9.17, 15) is 4.39 Å². The van der Waals surface area contributed by atoms with Crippen molar-refractivity contribution in [2.75, 3.05) is 5.73 Å². The molecule has 2 N–H and O–H groups in total. The summed E-state index contributed by atoms with van der Waals surface area (Å²) in [6.45, 7) is 9.24. The van der Waals surface area contributed by atoms with Gasteiger partial charge < -0.3 is 5.73 Å². The lowest BCUT2D eigenvalue weighted by Gasteiger charge is -2.27. The van der Waals surface area contributed by atoms with Crippen LogP contribution in [0.25, 0.3) is 11.4 Å². The Morgan fingerprint density at radius 1 is 1.35 bits per heavy atom. The second-order valence-corrected chi connectivity index (χ2v) is 6.19. The van der Waals surface area contributed by atoms with Crippen molar-refractivity contribution in [2.45, 2.75) is 34.2 Å². The van der Waals surface area contributed by atoms with E-state index in [1.807, 2.05) is 0 Å². The van der Waals surface area contributed by atoms with Gasteiger partial charge in [0.05, 0.1) is 5.56 Å². The smallest absolute Gasteiger partial charge is 0.184 e. The molecule has 1 unspecified atom stereocenters. The van der Waals surface area contributed by atoms with Crippen LogP contribution in [-0.2, 0) is 6.54 Å². The molecule has 0 amide bonds. The number of hydrogen-bond donors (Lipinski definition) is 1. The molecule has 2 rings (SSSR count). The Balaban J connectivity index is 2.33. The lowest BCUT2D eigenvalue weighted by atomic mass is 9.82. The summed E-state index contributed by atoms with van der Waals surface area (Å²) in [5, 5.41) is 11.6. The van der Waals surface area contributed by atoms with Crippen LogP contribution in [0.3, 0.4) is 0 Å². The van der Waals surface area contributed by atoms with E-state index in [1.165, 1.54) is 6.07 Å². The van der Waals surface area contributed by atoms with Crippen LogP contribution in [0.1, 0.15) is 27.7 Å². The van der Waals surface area contributed by atoms with Gasteiger partial charge in [0.25, 0.3) is 0 Å². The molecule has 1 heterocycles. The Morgan fingerprint density at radius 3 is 2.65 bits per heavy atom. The van der Waals surface area contributed by atoms with Crippen LogP contribution >= 0.6 is 0 Å². The number of nitrogens with zero attached hydrogens (tertiary/aromatic N) is 4. The van der Waals surface area contributed by atoms with Crippen LogP contribution in [-0.4, -0.2) is 20.2 Å². The number of aromatic nitrogens is 4. The first kappa shape index (κ1) is 14.4. The molecule has 6 heteroatoms. The van der Waals surface area contributed by atoms with Gasteiger partial charge in [-0.05, 0) is 40.0 Å². The quantitative estimate of drug-likeness (QED) is 0.876. The first-order chi connectivity index (χ1) is 9.29. The minimum Gasteiger partial charge on any atom is -0.399 e. The zero-order chi connectivity index (χ0) is 14.9. The van der Waals surface area contributed by atoms with E-state index in [0.29, 0.717) is 29.5 Å². The van der Waals surface area contributed by atoms with Crippen LogP contribution in [0.4, 0.5) is 10.1 Å². The molecular weight excluding hydrogens is 257 g/mol. The van der Waals surface area contributed by atoms with Crippen molar-refractivity contribution in [3.63, 3.8) is 0 Å². The molecule has 0 aliphatic carbocycles. The summed E-state index contributed by atoms with van der Waals surface area (Å²) in [6, 6.07) is 4.53. The Bertz CT molecular complexity index is 600. The highest BCUT2D eigenvalue weighted by Gasteiger charge is 2.23. The van der Waals surface area contributed by atoms with Crippen molar-refractivity contribution in [3.8, 4) is 11.4 Å². The molecule has 0 aliphatic heterocycles. The molecule has 0 saturated heterocycles. The van der Waals surface area contributed by atoms with Gasteiger partial charge >= 0.3 is 0 Å². The summed E-state index contributed by atoms with van der Waals surface area (Å²) < 4.78 is 15.6. The summed E-state index contributed by atoms with van der Waals surface area (Å²) in [6.07, 6.45) is 0. The van der Waals surface area contributed by atoms with Gasteiger partial charge in [-0.1, -0.05) is 27.7 Å². The van der Waals surface area contributed by atoms with Gasteiger partial charge in [-0.15, -0.1) is 5.10 Å². The standard InChI is InChI=1S/C14H20FN5/c1-9(14(2,3)4)8-20-13(17-18-19-20)11-6-5-10(16)7-12(11)15/h5-7,9H,8,16H2,1-4H3. The molecule has 0 bridgehead atoms. The number of hydrogen-bond acceptors (Lipinski definition) is 4. The number of halogens is 1. The summed E-state index contributed by atoms with van der Waals surface area (Å²) in [4.78, 5) is 0. The molecule has 5 nitrogen and oxygen atoms in total.